The van der Waals surface area contributed by atoms with Gasteiger partial charge in [-0.2, -0.15) is 0 Å². The van der Waals surface area contributed by atoms with Crippen molar-refractivity contribution in [2.45, 2.75) is 19.9 Å². The molecule has 0 amide bonds. The fourth-order valence-electron chi connectivity index (χ4n) is 3.58. The van der Waals surface area contributed by atoms with Gasteiger partial charge in [0.05, 0.1) is 6.04 Å². The number of nitrogens with zero attached hydrogens (tertiary/aromatic N) is 2. The zero-order valence-electron chi connectivity index (χ0n) is 15.1. The monoisotopic (exact) mass is 333 g/mol. The van der Waals surface area contributed by atoms with Crippen LogP contribution in [0, 0.1) is 6.92 Å². The van der Waals surface area contributed by atoms with Gasteiger partial charge in [0.25, 0.3) is 0 Å². The average Bonchev–Trinajstić information content (AvgIpc) is 2.60. The summed E-state index contributed by atoms with van der Waals surface area (Å²) in [5.41, 5.74) is 6.56. The van der Waals surface area contributed by atoms with Crippen molar-refractivity contribution in [2.24, 2.45) is 4.99 Å². The van der Waals surface area contributed by atoms with E-state index in [9.17, 15) is 0 Å². The van der Waals surface area contributed by atoms with Crippen LogP contribution < -0.4 is 15.0 Å². The maximum absolute atomic E-state index is 6.28. The van der Waals surface area contributed by atoms with Crippen molar-refractivity contribution in [3.8, 4) is 5.75 Å². The van der Waals surface area contributed by atoms with Crippen LogP contribution in [-0.2, 0) is 0 Å². The number of likely N-dealkylation sites (N-methyl/N-ethyl adjacent to an activating group) is 1. The van der Waals surface area contributed by atoms with Crippen LogP contribution in [0.3, 0.4) is 0 Å². The SMILES string of the molecule is CCNC1C=C2Oc3cc(N(C)C)c(C)cc3N=C2c2ccccc21. The number of allylic oxidation sites excluding steroid dienone is 1. The first-order valence-corrected chi connectivity index (χ1v) is 8.72. The number of hydrogen-bond donors (Lipinski definition) is 1. The number of ether oxygens (including phenoxy) is 1. The molecule has 4 nitrogen and oxygen atoms in total. The standard InChI is InChI=1S/C21H23N3O/c1-5-22-16-11-20-21(15-9-7-6-8-14(15)16)23-17-10-13(2)18(24(3)4)12-19(17)25-20/h6-12,16,22H,5H2,1-4H3. The van der Waals surface area contributed by atoms with Gasteiger partial charge in [-0.3, -0.25) is 0 Å². The summed E-state index contributed by atoms with van der Waals surface area (Å²) in [5, 5.41) is 3.52. The molecule has 1 N–H and O–H groups in total. The first-order valence-electron chi connectivity index (χ1n) is 8.72. The fourth-order valence-corrected chi connectivity index (χ4v) is 3.58. The summed E-state index contributed by atoms with van der Waals surface area (Å²) in [6.07, 6.45) is 2.14. The Morgan fingerprint density at radius 1 is 1.20 bits per heavy atom. The lowest BCUT2D eigenvalue weighted by Gasteiger charge is -2.30. The maximum atomic E-state index is 6.28. The second kappa shape index (κ2) is 6.05. The van der Waals surface area contributed by atoms with Crippen molar-refractivity contribution in [1.82, 2.24) is 5.32 Å². The molecule has 0 aromatic heterocycles. The molecule has 0 saturated heterocycles. The number of benzene rings is 2. The van der Waals surface area contributed by atoms with Crippen LogP contribution in [0.4, 0.5) is 11.4 Å². The topological polar surface area (TPSA) is 36.9 Å². The molecule has 0 radical (unpaired) electrons. The van der Waals surface area contributed by atoms with Gasteiger partial charge in [0, 0.05) is 31.4 Å². The molecule has 2 aromatic carbocycles. The average molecular weight is 333 g/mol. The predicted molar refractivity (Wildman–Crippen MR) is 103 cm³/mol. The van der Waals surface area contributed by atoms with Gasteiger partial charge in [0.15, 0.2) is 11.5 Å². The third-order valence-electron chi connectivity index (χ3n) is 4.74. The van der Waals surface area contributed by atoms with Crippen molar-refractivity contribution < 1.29 is 4.74 Å². The minimum absolute atomic E-state index is 0.149. The number of aliphatic imine (C=N–C) groups is 1. The lowest BCUT2D eigenvalue weighted by molar-refractivity contribution is 0.439. The van der Waals surface area contributed by atoms with E-state index >= 15 is 0 Å². The second-order valence-corrected chi connectivity index (χ2v) is 6.72. The molecule has 1 aliphatic heterocycles. The molecule has 0 bridgehead atoms. The molecule has 0 spiro atoms. The molecule has 2 aromatic rings. The summed E-state index contributed by atoms with van der Waals surface area (Å²) in [6.45, 7) is 5.13. The van der Waals surface area contributed by atoms with Gasteiger partial charge >= 0.3 is 0 Å². The van der Waals surface area contributed by atoms with Crippen molar-refractivity contribution in [3.05, 3.63) is 64.9 Å². The summed E-state index contributed by atoms with van der Waals surface area (Å²) < 4.78 is 6.28. The van der Waals surface area contributed by atoms with E-state index in [1.54, 1.807) is 0 Å². The molecule has 128 valence electrons. The molecule has 1 heterocycles. The Labute approximate surface area is 148 Å². The first-order chi connectivity index (χ1) is 12.1. The maximum Gasteiger partial charge on any atom is 0.155 e. The van der Waals surface area contributed by atoms with E-state index in [-0.39, 0.29) is 6.04 Å². The third-order valence-corrected chi connectivity index (χ3v) is 4.74. The zero-order valence-corrected chi connectivity index (χ0v) is 15.1. The quantitative estimate of drug-likeness (QED) is 0.918. The van der Waals surface area contributed by atoms with E-state index in [0.717, 1.165) is 40.7 Å². The summed E-state index contributed by atoms with van der Waals surface area (Å²) in [6, 6.07) is 12.8. The third kappa shape index (κ3) is 2.63. The molecule has 1 atom stereocenters. The molecule has 2 aliphatic rings. The Bertz CT molecular complexity index is 896. The molecular formula is C21H23N3O. The van der Waals surface area contributed by atoms with E-state index < -0.39 is 0 Å². The van der Waals surface area contributed by atoms with Crippen molar-refractivity contribution in [3.63, 3.8) is 0 Å². The predicted octanol–water partition coefficient (Wildman–Crippen LogP) is 4.12. The lowest BCUT2D eigenvalue weighted by Crippen LogP contribution is -2.29. The summed E-state index contributed by atoms with van der Waals surface area (Å²) >= 11 is 0. The van der Waals surface area contributed by atoms with Crippen LogP contribution in [0.25, 0.3) is 0 Å². The van der Waals surface area contributed by atoms with Gasteiger partial charge in [-0.25, -0.2) is 4.99 Å². The second-order valence-electron chi connectivity index (χ2n) is 6.72. The number of nitrogens with one attached hydrogen (secondary N) is 1. The van der Waals surface area contributed by atoms with Gasteiger partial charge in [-0.15, -0.1) is 0 Å². The van der Waals surface area contributed by atoms with Gasteiger partial charge in [-0.05, 0) is 36.7 Å². The van der Waals surface area contributed by atoms with E-state index in [4.69, 9.17) is 9.73 Å². The van der Waals surface area contributed by atoms with Gasteiger partial charge in [0.1, 0.15) is 11.4 Å². The minimum atomic E-state index is 0.149. The highest BCUT2D eigenvalue weighted by Gasteiger charge is 2.29. The van der Waals surface area contributed by atoms with Crippen LogP contribution in [0.2, 0.25) is 0 Å². The number of rotatable bonds is 3. The fraction of sp³-hybridized carbons (Fsp3) is 0.286. The van der Waals surface area contributed by atoms with Crippen LogP contribution in [0.5, 0.6) is 5.75 Å². The van der Waals surface area contributed by atoms with Crippen LogP contribution >= 0.6 is 0 Å². The Balaban J connectivity index is 1.87. The Morgan fingerprint density at radius 2 is 2.00 bits per heavy atom. The summed E-state index contributed by atoms with van der Waals surface area (Å²) in [7, 11) is 4.09. The first kappa shape index (κ1) is 15.9. The van der Waals surface area contributed by atoms with Crippen molar-refractivity contribution >= 4 is 17.1 Å². The summed E-state index contributed by atoms with van der Waals surface area (Å²) in [4.78, 5) is 7.04. The number of aryl methyl sites for hydroxylation is 1. The van der Waals surface area contributed by atoms with Gasteiger partial charge < -0.3 is 15.0 Å². The Morgan fingerprint density at radius 3 is 2.76 bits per heavy atom. The summed E-state index contributed by atoms with van der Waals surface area (Å²) in [5.74, 6) is 1.66. The molecule has 4 heteroatoms. The van der Waals surface area contributed by atoms with Gasteiger partial charge in [-0.1, -0.05) is 31.2 Å². The van der Waals surface area contributed by atoms with Gasteiger partial charge in [0.2, 0.25) is 0 Å². The molecule has 0 fully saturated rings. The van der Waals surface area contributed by atoms with E-state index in [1.807, 2.05) is 14.1 Å². The normalized spacial score (nSPS) is 17.5. The molecule has 1 aliphatic carbocycles. The number of fused-ring (bicyclic) bond motifs is 4. The molecule has 25 heavy (non-hydrogen) atoms. The number of hydrogen-bond acceptors (Lipinski definition) is 4. The largest absolute Gasteiger partial charge is 0.453 e. The smallest absolute Gasteiger partial charge is 0.155 e. The van der Waals surface area contributed by atoms with Crippen LogP contribution in [-0.4, -0.2) is 26.4 Å². The zero-order chi connectivity index (χ0) is 17.6. The van der Waals surface area contributed by atoms with Crippen LogP contribution in [0.1, 0.15) is 29.7 Å². The molecule has 0 saturated carbocycles. The van der Waals surface area contributed by atoms with E-state index in [2.05, 4.69) is 66.5 Å². The Hall–Kier alpha value is -2.59. The minimum Gasteiger partial charge on any atom is -0.453 e. The highest BCUT2D eigenvalue weighted by molar-refractivity contribution is 6.16. The van der Waals surface area contributed by atoms with Crippen LogP contribution in [0.15, 0.2) is 53.2 Å². The molecule has 1 unspecified atom stereocenters. The number of anilines is 1. The molecular weight excluding hydrogens is 310 g/mol. The van der Waals surface area contributed by atoms with E-state index in [0.29, 0.717) is 0 Å². The highest BCUT2D eigenvalue weighted by Crippen LogP contribution is 2.42. The van der Waals surface area contributed by atoms with E-state index in [1.165, 1.54) is 11.1 Å². The highest BCUT2D eigenvalue weighted by atomic mass is 16.5. The van der Waals surface area contributed by atoms with Crippen molar-refractivity contribution in [1.29, 1.82) is 0 Å². The lowest BCUT2D eigenvalue weighted by atomic mass is 9.89. The Kier molecular flexibility index (Phi) is 3.85. The molecule has 4 rings (SSSR count). The van der Waals surface area contributed by atoms with Crippen molar-refractivity contribution in [2.75, 3.05) is 25.5 Å².